The number of amides is 1. The highest BCUT2D eigenvalue weighted by molar-refractivity contribution is 5.91. The van der Waals surface area contributed by atoms with Gasteiger partial charge in [0.2, 0.25) is 5.91 Å². The normalized spacial score (nSPS) is 10.2. The molecule has 4 heteroatoms. The second-order valence-electron chi connectivity index (χ2n) is 4.35. The van der Waals surface area contributed by atoms with E-state index in [4.69, 9.17) is 0 Å². The standard InChI is InChI=1S/C15H17N3O/c1-12-5-7-13(8-6-12)10-16-11-15(19)18-14-4-2-3-9-17-14/h2-9,16H,10-11H2,1H3,(H,17,18,19). The van der Waals surface area contributed by atoms with Gasteiger partial charge in [0.25, 0.3) is 0 Å². The van der Waals surface area contributed by atoms with Crippen LogP contribution in [0, 0.1) is 6.92 Å². The average Bonchev–Trinajstić information content (AvgIpc) is 2.42. The van der Waals surface area contributed by atoms with Gasteiger partial charge in [-0.3, -0.25) is 4.79 Å². The number of rotatable bonds is 5. The van der Waals surface area contributed by atoms with Gasteiger partial charge in [-0.2, -0.15) is 0 Å². The summed E-state index contributed by atoms with van der Waals surface area (Å²) in [6, 6.07) is 13.6. The predicted molar refractivity (Wildman–Crippen MR) is 75.8 cm³/mol. The van der Waals surface area contributed by atoms with Crippen molar-refractivity contribution >= 4 is 11.7 Å². The lowest BCUT2D eigenvalue weighted by Crippen LogP contribution is -2.27. The average molecular weight is 255 g/mol. The smallest absolute Gasteiger partial charge is 0.239 e. The Morgan fingerprint density at radius 3 is 2.63 bits per heavy atom. The monoisotopic (exact) mass is 255 g/mol. The Hall–Kier alpha value is -2.20. The van der Waals surface area contributed by atoms with E-state index in [-0.39, 0.29) is 12.5 Å². The Labute approximate surface area is 112 Å². The summed E-state index contributed by atoms with van der Waals surface area (Å²) in [5, 5.41) is 5.83. The van der Waals surface area contributed by atoms with E-state index in [9.17, 15) is 4.79 Å². The maximum atomic E-state index is 11.6. The minimum absolute atomic E-state index is 0.0918. The Bertz CT molecular complexity index is 523. The molecule has 0 saturated heterocycles. The summed E-state index contributed by atoms with van der Waals surface area (Å²) in [6.07, 6.45) is 1.65. The number of pyridine rings is 1. The number of hydrogen-bond acceptors (Lipinski definition) is 3. The van der Waals surface area contributed by atoms with E-state index >= 15 is 0 Å². The van der Waals surface area contributed by atoms with E-state index in [0.29, 0.717) is 12.4 Å². The van der Waals surface area contributed by atoms with Crippen molar-refractivity contribution in [1.29, 1.82) is 0 Å². The molecule has 0 spiro atoms. The zero-order valence-corrected chi connectivity index (χ0v) is 10.9. The second-order valence-corrected chi connectivity index (χ2v) is 4.35. The molecule has 2 N–H and O–H groups in total. The van der Waals surface area contributed by atoms with E-state index in [0.717, 1.165) is 5.56 Å². The fraction of sp³-hybridized carbons (Fsp3) is 0.200. The third kappa shape index (κ3) is 4.52. The SMILES string of the molecule is Cc1ccc(CNCC(=O)Nc2ccccn2)cc1. The van der Waals surface area contributed by atoms with Crippen molar-refractivity contribution in [2.24, 2.45) is 0 Å². The quantitative estimate of drug-likeness (QED) is 0.860. The highest BCUT2D eigenvalue weighted by Crippen LogP contribution is 2.02. The predicted octanol–water partition coefficient (Wildman–Crippen LogP) is 2.12. The molecule has 0 fully saturated rings. The zero-order valence-electron chi connectivity index (χ0n) is 10.9. The lowest BCUT2D eigenvalue weighted by Gasteiger charge is -2.06. The summed E-state index contributed by atoms with van der Waals surface area (Å²) in [5.74, 6) is 0.482. The number of anilines is 1. The Morgan fingerprint density at radius 2 is 1.95 bits per heavy atom. The molecule has 19 heavy (non-hydrogen) atoms. The molecule has 0 radical (unpaired) electrons. The van der Waals surface area contributed by atoms with Crippen molar-refractivity contribution < 1.29 is 4.79 Å². The summed E-state index contributed by atoms with van der Waals surface area (Å²) in [7, 11) is 0. The van der Waals surface area contributed by atoms with Gasteiger partial charge >= 0.3 is 0 Å². The molecular formula is C15H17N3O. The van der Waals surface area contributed by atoms with Crippen LogP contribution in [0.5, 0.6) is 0 Å². The van der Waals surface area contributed by atoms with E-state index < -0.39 is 0 Å². The Balaban J connectivity index is 1.74. The number of nitrogens with zero attached hydrogens (tertiary/aromatic N) is 1. The van der Waals surface area contributed by atoms with Crippen LogP contribution in [0.3, 0.4) is 0 Å². The van der Waals surface area contributed by atoms with E-state index in [2.05, 4.69) is 46.8 Å². The van der Waals surface area contributed by atoms with Gasteiger partial charge in [-0.15, -0.1) is 0 Å². The van der Waals surface area contributed by atoms with Crippen LogP contribution in [0.15, 0.2) is 48.7 Å². The molecule has 98 valence electrons. The van der Waals surface area contributed by atoms with Crippen LogP contribution >= 0.6 is 0 Å². The Morgan fingerprint density at radius 1 is 1.16 bits per heavy atom. The maximum Gasteiger partial charge on any atom is 0.239 e. The van der Waals surface area contributed by atoms with Crippen molar-refractivity contribution in [2.75, 3.05) is 11.9 Å². The number of carbonyl (C=O) groups is 1. The molecule has 2 rings (SSSR count). The molecule has 0 atom stereocenters. The second kappa shape index (κ2) is 6.66. The van der Waals surface area contributed by atoms with Gasteiger partial charge in [-0.25, -0.2) is 4.98 Å². The molecular weight excluding hydrogens is 238 g/mol. The van der Waals surface area contributed by atoms with Crippen molar-refractivity contribution in [3.8, 4) is 0 Å². The summed E-state index contributed by atoms with van der Waals surface area (Å²) < 4.78 is 0. The maximum absolute atomic E-state index is 11.6. The number of aromatic nitrogens is 1. The lowest BCUT2D eigenvalue weighted by molar-refractivity contribution is -0.115. The summed E-state index contributed by atoms with van der Waals surface area (Å²) >= 11 is 0. The molecule has 1 aromatic carbocycles. The van der Waals surface area contributed by atoms with Crippen molar-refractivity contribution in [2.45, 2.75) is 13.5 Å². The van der Waals surface area contributed by atoms with Gasteiger partial charge in [0.1, 0.15) is 5.82 Å². The van der Waals surface area contributed by atoms with Crippen LogP contribution in [0.1, 0.15) is 11.1 Å². The first-order chi connectivity index (χ1) is 9.24. The number of carbonyl (C=O) groups excluding carboxylic acids is 1. The van der Waals surface area contributed by atoms with Crippen molar-refractivity contribution in [1.82, 2.24) is 10.3 Å². The molecule has 4 nitrogen and oxygen atoms in total. The van der Waals surface area contributed by atoms with E-state index in [1.165, 1.54) is 5.56 Å². The van der Waals surface area contributed by atoms with Gasteiger partial charge in [-0.1, -0.05) is 35.9 Å². The molecule has 0 aliphatic carbocycles. The van der Waals surface area contributed by atoms with Crippen LogP contribution in [0.4, 0.5) is 5.82 Å². The van der Waals surface area contributed by atoms with Crippen molar-refractivity contribution in [3.63, 3.8) is 0 Å². The van der Waals surface area contributed by atoms with Gasteiger partial charge in [0.15, 0.2) is 0 Å². The largest absolute Gasteiger partial charge is 0.310 e. The molecule has 1 heterocycles. The third-order valence-electron chi connectivity index (χ3n) is 2.67. The third-order valence-corrected chi connectivity index (χ3v) is 2.67. The first kappa shape index (κ1) is 13.2. The zero-order chi connectivity index (χ0) is 13.5. The lowest BCUT2D eigenvalue weighted by atomic mass is 10.1. The topological polar surface area (TPSA) is 54.0 Å². The molecule has 0 saturated carbocycles. The van der Waals surface area contributed by atoms with Crippen LogP contribution < -0.4 is 10.6 Å². The van der Waals surface area contributed by atoms with Crippen LogP contribution in [-0.4, -0.2) is 17.4 Å². The molecule has 0 aliphatic heterocycles. The van der Waals surface area contributed by atoms with Crippen LogP contribution in [-0.2, 0) is 11.3 Å². The molecule has 0 unspecified atom stereocenters. The molecule has 0 aliphatic rings. The van der Waals surface area contributed by atoms with Gasteiger partial charge in [0, 0.05) is 12.7 Å². The molecule has 1 amide bonds. The summed E-state index contributed by atoms with van der Waals surface area (Å²) in [6.45, 7) is 3.00. The minimum Gasteiger partial charge on any atom is -0.310 e. The Kier molecular flexibility index (Phi) is 4.64. The highest BCUT2D eigenvalue weighted by atomic mass is 16.1. The number of aryl methyl sites for hydroxylation is 1. The number of hydrogen-bond donors (Lipinski definition) is 2. The van der Waals surface area contributed by atoms with Crippen molar-refractivity contribution in [3.05, 3.63) is 59.8 Å². The van der Waals surface area contributed by atoms with Gasteiger partial charge in [0.05, 0.1) is 6.54 Å². The first-order valence-electron chi connectivity index (χ1n) is 6.21. The minimum atomic E-state index is -0.0918. The fourth-order valence-electron chi connectivity index (χ4n) is 1.65. The number of benzene rings is 1. The molecule has 0 bridgehead atoms. The van der Waals surface area contributed by atoms with Gasteiger partial charge in [-0.05, 0) is 24.6 Å². The number of nitrogens with one attached hydrogen (secondary N) is 2. The summed E-state index contributed by atoms with van der Waals surface area (Å²) in [4.78, 5) is 15.7. The first-order valence-corrected chi connectivity index (χ1v) is 6.21. The fourth-order valence-corrected chi connectivity index (χ4v) is 1.65. The molecule has 2 aromatic rings. The highest BCUT2D eigenvalue weighted by Gasteiger charge is 2.02. The van der Waals surface area contributed by atoms with E-state index in [1.54, 1.807) is 12.3 Å². The van der Waals surface area contributed by atoms with Crippen LogP contribution in [0.25, 0.3) is 0 Å². The summed E-state index contributed by atoms with van der Waals surface area (Å²) in [5.41, 5.74) is 2.40. The van der Waals surface area contributed by atoms with Crippen LogP contribution in [0.2, 0.25) is 0 Å². The molecule has 1 aromatic heterocycles. The van der Waals surface area contributed by atoms with E-state index in [1.807, 2.05) is 12.1 Å². The van der Waals surface area contributed by atoms with Gasteiger partial charge < -0.3 is 10.6 Å².